The van der Waals surface area contributed by atoms with Crippen LogP contribution in [0.15, 0.2) is 53.7 Å². The quantitative estimate of drug-likeness (QED) is 0.627. The van der Waals surface area contributed by atoms with Crippen LogP contribution in [0, 0.1) is 0 Å². The molecule has 0 saturated heterocycles. The number of hydrogen-bond acceptors (Lipinski definition) is 7. The summed E-state index contributed by atoms with van der Waals surface area (Å²) >= 11 is 1.37. The molecule has 1 aromatic heterocycles. The molecule has 0 bridgehead atoms. The molecule has 0 radical (unpaired) electrons. The van der Waals surface area contributed by atoms with Crippen molar-refractivity contribution in [2.75, 3.05) is 18.3 Å². The van der Waals surface area contributed by atoms with E-state index in [-0.39, 0.29) is 5.91 Å². The Balaban J connectivity index is 1.96. The van der Waals surface area contributed by atoms with E-state index in [2.05, 4.69) is 15.2 Å². The van der Waals surface area contributed by atoms with Crippen molar-refractivity contribution in [1.82, 2.24) is 15.2 Å². The number of thioether (sulfide) groups is 1. The van der Waals surface area contributed by atoms with Crippen molar-refractivity contribution in [1.29, 1.82) is 0 Å². The van der Waals surface area contributed by atoms with Gasteiger partial charge in [0.05, 0.1) is 12.8 Å². The van der Waals surface area contributed by atoms with E-state index in [1.54, 1.807) is 12.0 Å². The summed E-state index contributed by atoms with van der Waals surface area (Å²) in [6.07, 6.45) is 1.15. The molecule has 1 atom stereocenters. The first kappa shape index (κ1) is 18.2. The average molecular weight is 394 g/mol. The SMILES string of the molecule is COc1cccc([C@H]2Oc3nc(SC)nnc3-c3ccccc3N2C(C)=O)c1. The summed E-state index contributed by atoms with van der Waals surface area (Å²) < 4.78 is 11.6. The molecule has 8 heteroatoms. The van der Waals surface area contributed by atoms with Gasteiger partial charge in [0.25, 0.3) is 0 Å². The number of benzene rings is 2. The summed E-state index contributed by atoms with van der Waals surface area (Å²) in [4.78, 5) is 18.8. The molecule has 3 aromatic rings. The van der Waals surface area contributed by atoms with Gasteiger partial charge in [-0.05, 0) is 24.5 Å². The maximum atomic E-state index is 12.7. The van der Waals surface area contributed by atoms with Gasteiger partial charge in [0.2, 0.25) is 23.2 Å². The van der Waals surface area contributed by atoms with Crippen LogP contribution >= 0.6 is 11.8 Å². The summed E-state index contributed by atoms with van der Waals surface area (Å²) in [5.74, 6) is 0.850. The molecular weight excluding hydrogens is 376 g/mol. The maximum absolute atomic E-state index is 12.7. The monoisotopic (exact) mass is 394 g/mol. The van der Waals surface area contributed by atoms with E-state index < -0.39 is 6.23 Å². The third-order valence-corrected chi connectivity index (χ3v) is 4.95. The first-order valence-electron chi connectivity index (χ1n) is 8.61. The largest absolute Gasteiger partial charge is 0.497 e. The van der Waals surface area contributed by atoms with Gasteiger partial charge in [-0.25, -0.2) is 0 Å². The lowest BCUT2D eigenvalue weighted by atomic mass is 10.1. The van der Waals surface area contributed by atoms with E-state index in [0.29, 0.717) is 28.2 Å². The van der Waals surface area contributed by atoms with Crippen LogP contribution in [-0.2, 0) is 4.79 Å². The van der Waals surface area contributed by atoms with E-state index in [9.17, 15) is 4.79 Å². The molecule has 0 N–H and O–H groups in total. The van der Waals surface area contributed by atoms with Gasteiger partial charge in [0, 0.05) is 18.1 Å². The maximum Gasteiger partial charge on any atom is 0.247 e. The normalized spacial score (nSPS) is 15.1. The van der Waals surface area contributed by atoms with Crippen LogP contribution in [0.1, 0.15) is 18.7 Å². The highest BCUT2D eigenvalue weighted by Gasteiger charge is 2.34. The predicted molar refractivity (Wildman–Crippen MR) is 107 cm³/mol. The number of amides is 1. The minimum atomic E-state index is -0.721. The number of rotatable bonds is 3. The minimum absolute atomic E-state index is 0.161. The number of ether oxygens (including phenoxy) is 2. The number of methoxy groups -OCH3 is 1. The number of para-hydroxylation sites is 1. The summed E-state index contributed by atoms with van der Waals surface area (Å²) in [5, 5.41) is 8.97. The Kier molecular flexibility index (Phi) is 4.87. The van der Waals surface area contributed by atoms with Gasteiger partial charge in [0.1, 0.15) is 5.75 Å². The fraction of sp³-hybridized carbons (Fsp3) is 0.200. The molecule has 1 aliphatic heterocycles. The smallest absolute Gasteiger partial charge is 0.247 e. The summed E-state index contributed by atoms with van der Waals surface area (Å²) in [7, 11) is 1.60. The zero-order valence-electron chi connectivity index (χ0n) is 15.6. The van der Waals surface area contributed by atoms with Crippen molar-refractivity contribution in [3.63, 3.8) is 0 Å². The van der Waals surface area contributed by atoms with Gasteiger partial charge in [-0.15, -0.1) is 10.2 Å². The molecule has 0 fully saturated rings. The highest BCUT2D eigenvalue weighted by molar-refractivity contribution is 7.98. The molecule has 0 saturated carbocycles. The van der Waals surface area contributed by atoms with Crippen LogP contribution in [-0.4, -0.2) is 34.5 Å². The molecule has 2 heterocycles. The molecule has 142 valence electrons. The second-order valence-electron chi connectivity index (χ2n) is 6.11. The molecule has 2 aromatic carbocycles. The first-order valence-corrected chi connectivity index (χ1v) is 9.83. The topological polar surface area (TPSA) is 77.4 Å². The van der Waals surface area contributed by atoms with E-state index in [1.807, 2.05) is 54.8 Å². The van der Waals surface area contributed by atoms with Crippen molar-refractivity contribution in [2.24, 2.45) is 0 Å². The number of hydrogen-bond donors (Lipinski definition) is 0. The first-order chi connectivity index (χ1) is 13.6. The van der Waals surface area contributed by atoms with E-state index in [1.165, 1.54) is 18.7 Å². The number of carbonyl (C=O) groups excluding carboxylic acids is 1. The van der Waals surface area contributed by atoms with E-state index in [0.717, 1.165) is 11.1 Å². The number of aromatic nitrogens is 3. The molecule has 1 aliphatic rings. The van der Waals surface area contributed by atoms with Crippen LogP contribution in [0.2, 0.25) is 0 Å². The van der Waals surface area contributed by atoms with E-state index in [4.69, 9.17) is 9.47 Å². The Hall–Kier alpha value is -3.13. The van der Waals surface area contributed by atoms with Crippen molar-refractivity contribution >= 4 is 23.4 Å². The fourth-order valence-electron chi connectivity index (χ4n) is 3.15. The van der Waals surface area contributed by atoms with Crippen molar-refractivity contribution in [3.05, 3.63) is 54.1 Å². The Morgan fingerprint density at radius 1 is 1.18 bits per heavy atom. The Morgan fingerprint density at radius 3 is 2.75 bits per heavy atom. The lowest BCUT2D eigenvalue weighted by Crippen LogP contribution is -2.36. The van der Waals surface area contributed by atoms with Crippen LogP contribution in [0.5, 0.6) is 11.6 Å². The van der Waals surface area contributed by atoms with Crippen molar-refractivity contribution < 1.29 is 14.3 Å². The molecule has 28 heavy (non-hydrogen) atoms. The van der Waals surface area contributed by atoms with Gasteiger partial charge in [0.15, 0.2) is 5.69 Å². The van der Waals surface area contributed by atoms with Gasteiger partial charge in [-0.1, -0.05) is 42.1 Å². The van der Waals surface area contributed by atoms with E-state index >= 15 is 0 Å². The van der Waals surface area contributed by atoms with Gasteiger partial charge < -0.3 is 9.47 Å². The highest BCUT2D eigenvalue weighted by atomic mass is 32.2. The zero-order chi connectivity index (χ0) is 19.7. The molecule has 0 unspecified atom stereocenters. The number of carbonyl (C=O) groups is 1. The molecule has 7 nitrogen and oxygen atoms in total. The second-order valence-corrected chi connectivity index (χ2v) is 6.88. The number of fused-ring (bicyclic) bond motifs is 3. The molecule has 4 rings (SSSR count). The lowest BCUT2D eigenvalue weighted by molar-refractivity contribution is -0.118. The molecule has 1 amide bonds. The third kappa shape index (κ3) is 3.16. The Labute approximate surface area is 166 Å². The second kappa shape index (κ2) is 7.47. The molecule has 0 spiro atoms. The summed E-state index contributed by atoms with van der Waals surface area (Å²) in [5.41, 5.74) is 2.70. The fourth-order valence-corrected chi connectivity index (χ4v) is 3.45. The lowest BCUT2D eigenvalue weighted by Gasteiger charge is -2.30. The van der Waals surface area contributed by atoms with Crippen molar-refractivity contribution in [3.8, 4) is 22.9 Å². The zero-order valence-corrected chi connectivity index (χ0v) is 16.4. The Morgan fingerprint density at radius 2 is 2.00 bits per heavy atom. The number of nitrogens with zero attached hydrogens (tertiary/aromatic N) is 4. The van der Waals surface area contributed by atoms with Crippen LogP contribution in [0.25, 0.3) is 11.3 Å². The van der Waals surface area contributed by atoms with Crippen molar-refractivity contribution in [2.45, 2.75) is 18.3 Å². The number of anilines is 1. The van der Waals surface area contributed by atoms with Crippen LogP contribution < -0.4 is 14.4 Å². The summed E-state index contributed by atoms with van der Waals surface area (Å²) in [6.45, 7) is 1.51. The minimum Gasteiger partial charge on any atom is -0.497 e. The average Bonchev–Trinajstić information content (AvgIpc) is 2.87. The highest BCUT2D eigenvalue weighted by Crippen LogP contribution is 2.43. The van der Waals surface area contributed by atoms with Crippen LogP contribution in [0.3, 0.4) is 0 Å². The molecular formula is C20H18N4O3S. The van der Waals surface area contributed by atoms with Gasteiger partial charge in [-0.3, -0.25) is 9.69 Å². The standard InChI is InChI=1S/C20H18N4O3S/c1-12(25)24-16-10-5-4-9-15(16)17-18(21-20(28-3)23-22-17)27-19(24)13-7-6-8-14(11-13)26-2/h4-11,19H,1-3H3/t19-/m1/s1. The molecule has 0 aliphatic carbocycles. The third-order valence-electron chi connectivity index (χ3n) is 4.41. The Bertz CT molecular complexity index is 1040. The van der Waals surface area contributed by atoms with Gasteiger partial charge >= 0.3 is 0 Å². The van der Waals surface area contributed by atoms with Gasteiger partial charge in [-0.2, -0.15) is 4.98 Å². The predicted octanol–water partition coefficient (Wildman–Crippen LogP) is 3.71. The summed E-state index contributed by atoms with van der Waals surface area (Å²) in [6, 6.07) is 15.0. The van der Waals surface area contributed by atoms with Crippen LogP contribution in [0.4, 0.5) is 5.69 Å².